The van der Waals surface area contributed by atoms with Gasteiger partial charge in [0.15, 0.2) is 6.23 Å². The summed E-state index contributed by atoms with van der Waals surface area (Å²) >= 11 is 0. The molecule has 0 spiro atoms. The Labute approximate surface area is 312 Å². The van der Waals surface area contributed by atoms with Crippen LogP contribution in [0, 0.1) is 0 Å². The number of nitrogen functional groups attached to an aromatic ring is 1. The Hall–Kier alpha value is -1.15. The van der Waals surface area contributed by atoms with Gasteiger partial charge in [-0.05, 0) is 36.8 Å². The Morgan fingerprint density at radius 1 is 0.922 bits per heavy atom. The van der Waals surface area contributed by atoms with E-state index >= 15 is 0 Å². The molecule has 6 atom stereocenters. The van der Waals surface area contributed by atoms with Gasteiger partial charge in [0.05, 0.1) is 19.3 Å². The monoisotopic (exact) mass is 767 g/mol. The minimum absolute atomic E-state index is 0.0373. The summed E-state index contributed by atoms with van der Waals surface area (Å²) in [6.07, 6.45) is 17.5. The van der Waals surface area contributed by atoms with Crippen LogP contribution in [0.15, 0.2) is 17.1 Å². The lowest BCUT2D eigenvalue weighted by atomic mass is 10.1. The highest BCUT2D eigenvalue weighted by molar-refractivity contribution is 8.14. The largest absolute Gasteiger partial charge is 0.472 e. The van der Waals surface area contributed by atoms with Gasteiger partial charge in [0.25, 0.3) is 0 Å². The van der Waals surface area contributed by atoms with Crippen LogP contribution in [0.4, 0.5) is 5.82 Å². The molecule has 0 amide bonds. The van der Waals surface area contributed by atoms with Gasteiger partial charge < -0.3 is 29.9 Å². The average molecular weight is 768 g/mol. The zero-order chi connectivity index (χ0) is 38.5. The Bertz CT molecular complexity index is 1100. The molecule has 1 aromatic heterocycles. The van der Waals surface area contributed by atoms with Crippen LogP contribution in [0.25, 0.3) is 0 Å². The number of aliphatic hydroxyl groups is 1. The van der Waals surface area contributed by atoms with Crippen molar-refractivity contribution in [3.63, 3.8) is 0 Å². The third kappa shape index (κ3) is 23.3. The first-order valence-electron chi connectivity index (χ1n) is 19.3. The number of ether oxygens (including phenoxy) is 3. The number of nitrogens with zero attached hydrogens (tertiary/aromatic N) is 2. The van der Waals surface area contributed by atoms with Crippen LogP contribution < -0.4 is 11.4 Å². The number of anilines is 1. The van der Waals surface area contributed by atoms with Crippen molar-refractivity contribution in [3.05, 3.63) is 22.7 Å². The Morgan fingerprint density at radius 2 is 1.45 bits per heavy atom. The summed E-state index contributed by atoms with van der Waals surface area (Å²) in [7, 11) is -1.11. The van der Waals surface area contributed by atoms with Crippen LogP contribution in [-0.4, -0.2) is 88.8 Å². The summed E-state index contributed by atoms with van der Waals surface area (Å²) in [6.45, 7) is 10.5. The SMILES string of the molecule is C=S(CCCCC)CCCCC.CCCCC(COP(=O)(O)OC[C@H]1O[C@@H](n2ccc(N)nc2=O)[C@H](OC)[C@@H]1O)OC.CCCCCCCCC. The van der Waals surface area contributed by atoms with Crippen molar-refractivity contribution in [1.29, 1.82) is 0 Å². The van der Waals surface area contributed by atoms with Crippen LogP contribution >= 0.6 is 18.3 Å². The molecule has 1 aliphatic rings. The molecule has 51 heavy (non-hydrogen) atoms. The zero-order valence-electron chi connectivity index (χ0n) is 33.0. The second-order valence-corrected chi connectivity index (χ2v) is 16.6. The maximum Gasteiger partial charge on any atom is 0.472 e. The molecule has 2 rings (SSSR count). The van der Waals surface area contributed by atoms with Crippen LogP contribution in [0.1, 0.15) is 144 Å². The maximum absolute atomic E-state index is 12.2. The number of nitrogens with two attached hydrogens (primary N) is 1. The number of rotatable bonds is 26. The van der Waals surface area contributed by atoms with Gasteiger partial charge in [0.2, 0.25) is 0 Å². The first-order valence-corrected chi connectivity index (χ1v) is 22.5. The summed E-state index contributed by atoms with van der Waals surface area (Å²) in [6, 6.07) is 1.40. The number of phosphoric ester groups is 1. The van der Waals surface area contributed by atoms with Gasteiger partial charge in [-0.15, -0.1) is 0 Å². The van der Waals surface area contributed by atoms with E-state index in [9.17, 15) is 19.4 Å². The quantitative estimate of drug-likeness (QED) is 0.0472. The van der Waals surface area contributed by atoms with Gasteiger partial charge in [-0.3, -0.25) is 13.6 Å². The van der Waals surface area contributed by atoms with Crippen molar-refractivity contribution >= 4 is 30.0 Å². The van der Waals surface area contributed by atoms with Crippen LogP contribution in [0.3, 0.4) is 0 Å². The van der Waals surface area contributed by atoms with E-state index in [0.29, 0.717) is 16.9 Å². The molecule has 0 bridgehead atoms. The fraction of sp³-hybridized carbons (Fsp3) is 0.865. The molecular weight excluding hydrogens is 693 g/mol. The van der Waals surface area contributed by atoms with E-state index in [0.717, 1.165) is 17.4 Å². The molecule has 1 aliphatic heterocycles. The number of phosphoric acid groups is 1. The molecule has 12 nitrogen and oxygen atoms in total. The average Bonchev–Trinajstić information content (AvgIpc) is 3.42. The van der Waals surface area contributed by atoms with E-state index in [4.69, 9.17) is 29.0 Å². The molecule has 0 aromatic carbocycles. The fourth-order valence-corrected chi connectivity index (χ4v) is 7.48. The lowest BCUT2D eigenvalue weighted by Crippen LogP contribution is -2.37. The molecule has 0 saturated carbocycles. The van der Waals surface area contributed by atoms with Gasteiger partial charge in [-0.2, -0.15) is 15.5 Å². The highest BCUT2D eigenvalue weighted by Gasteiger charge is 2.46. The minimum atomic E-state index is -4.42. The Morgan fingerprint density at radius 3 is 1.94 bits per heavy atom. The van der Waals surface area contributed by atoms with Gasteiger partial charge in [0, 0.05) is 20.4 Å². The number of aromatic nitrogens is 2. The number of aliphatic hydroxyl groups excluding tert-OH is 1. The standard InChI is InChI=1S/C17H30N3O9P.C11H24S.C9H20/c1-4-5-6-11(25-2)9-27-30(23,24)28-10-12-14(21)15(26-3)16(29-12)20-8-7-13(18)19-17(20)22;1-4-6-8-10-12(3)11-9-7-5-2;1-3-5-7-9-8-6-4-2/h7-8,11-12,14-16,21H,4-6,9-10H2,1-3H3,(H,23,24)(H2,18,19,22);3-11H2,1-2H3;3-9H2,1-2H3/t11?,12-,14-,15-,16-;;/m1../s1. The van der Waals surface area contributed by atoms with Crippen molar-refractivity contribution in [3.8, 4) is 0 Å². The molecule has 302 valence electrons. The molecule has 0 aliphatic carbocycles. The third-order valence-corrected chi connectivity index (χ3v) is 11.2. The topological polar surface area (TPSA) is 165 Å². The van der Waals surface area contributed by atoms with Crippen molar-refractivity contribution < 1.29 is 37.8 Å². The van der Waals surface area contributed by atoms with Gasteiger partial charge in [0.1, 0.15) is 24.1 Å². The van der Waals surface area contributed by atoms with Crippen molar-refractivity contribution in [2.75, 3.05) is 44.7 Å². The summed E-state index contributed by atoms with van der Waals surface area (Å²) in [5.41, 5.74) is 4.79. The van der Waals surface area contributed by atoms with Crippen LogP contribution in [0.2, 0.25) is 0 Å². The third-order valence-electron chi connectivity index (χ3n) is 8.53. The molecule has 14 heteroatoms. The lowest BCUT2D eigenvalue weighted by molar-refractivity contribution is -0.0631. The van der Waals surface area contributed by atoms with Gasteiger partial charge in [-0.25, -0.2) is 9.36 Å². The number of methoxy groups -OCH3 is 2. The van der Waals surface area contributed by atoms with Crippen molar-refractivity contribution in [2.45, 2.75) is 168 Å². The van der Waals surface area contributed by atoms with Gasteiger partial charge in [-0.1, -0.05) is 124 Å². The second kappa shape index (κ2) is 31.2. The van der Waals surface area contributed by atoms with E-state index in [-0.39, 0.29) is 18.5 Å². The molecule has 1 saturated heterocycles. The van der Waals surface area contributed by atoms with E-state index in [1.807, 2.05) is 6.92 Å². The predicted octanol–water partition coefficient (Wildman–Crippen LogP) is 8.26. The molecule has 0 radical (unpaired) electrons. The Balaban J connectivity index is 0.000000974. The predicted molar refractivity (Wildman–Crippen MR) is 213 cm³/mol. The summed E-state index contributed by atoms with van der Waals surface area (Å²) in [5, 5.41) is 10.5. The summed E-state index contributed by atoms with van der Waals surface area (Å²) < 4.78 is 39.4. The highest BCUT2D eigenvalue weighted by atomic mass is 32.2. The Kier molecular flexibility index (Phi) is 30.5. The first-order chi connectivity index (χ1) is 24.4. The van der Waals surface area contributed by atoms with Crippen molar-refractivity contribution in [1.82, 2.24) is 9.55 Å². The van der Waals surface area contributed by atoms with Gasteiger partial charge >= 0.3 is 13.5 Å². The molecule has 1 aromatic rings. The lowest BCUT2D eigenvalue weighted by Gasteiger charge is -2.20. The minimum Gasteiger partial charge on any atom is -0.387 e. The van der Waals surface area contributed by atoms with Crippen LogP contribution in [-0.2, 0) is 27.8 Å². The fourth-order valence-electron chi connectivity index (χ4n) is 5.28. The van der Waals surface area contributed by atoms with E-state index in [2.05, 4.69) is 38.5 Å². The van der Waals surface area contributed by atoms with Crippen molar-refractivity contribution in [2.24, 2.45) is 0 Å². The van der Waals surface area contributed by atoms with E-state index in [1.165, 1.54) is 121 Å². The number of hydrogen-bond donors (Lipinski definition) is 3. The summed E-state index contributed by atoms with van der Waals surface area (Å²) in [4.78, 5) is 25.6. The maximum atomic E-state index is 12.2. The number of unbranched alkanes of at least 4 members (excludes halogenated alkanes) is 11. The van der Waals surface area contributed by atoms with E-state index in [1.54, 1.807) is 0 Å². The number of hydrogen-bond acceptors (Lipinski definition) is 10. The molecule has 2 unspecified atom stereocenters. The van der Waals surface area contributed by atoms with Crippen LogP contribution in [0.5, 0.6) is 0 Å². The first kappa shape index (κ1) is 49.9. The molecule has 1 fully saturated rings. The zero-order valence-corrected chi connectivity index (χ0v) is 34.7. The second-order valence-electron chi connectivity index (χ2n) is 13.1. The summed E-state index contributed by atoms with van der Waals surface area (Å²) in [5.74, 6) is 6.99. The van der Waals surface area contributed by atoms with E-state index < -0.39 is 44.7 Å². The molecular formula is C37H74N3O9PS. The molecule has 4 N–H and O–H groups in total. The highest BCUT2D eigenvalue weighted by Crippen LogP contribution is 2.44. The smallest absolute Gasteiger partial charge is 0.387 e. The molecule has 2 heterocycles. The normalized spacial score (nSPS) is 20.3.